The molecule has 11 heavy (non-hydrogen) atoms. The number of likely N-dealkylation sites (tertiary alicyclic amines) is 1. The maximum absolute atomic E-state index is 3.48. The third-order valence-electron chi connectivity index (χ3n) is 2.11. The summed E-state index contributed by atoms with van der Waals surface area (Å²) < 4.78 is 3.48. The molecule has 0 aromatic rings. The zero-order valence-corrected chi connectivity index (χ0v) is 8.28. The van der Waals surface area contributed by atoms with Crippen molar-refractivity contribution in [1.29, 1.82) is 0 Å². The zero-order chi connectivity index (χ0) is 8.10. The molecule has 1 heterocycles. The maximum Gasteiger partial charge on any atom is 0.0196 e. The van der Waals surface area contributed by atoms with Gasteiger partial charge in [-0.05, 0) is 33.0 Å². The van der Waals surface area contributed by atoms with E-state index in [-0.39, 0.29) is 0 Å². The molecule has 0 atom stereocenters. The van der Waals surface area contributed by atoms with E-state index < -0.39 is 0 Å². The van der Waals surface area contributed by atoms with Gasteiger partial charge >= 0.3 is 0 Å². The highest BCUT2D eigenvalue weighted by Gasteiger charge is 2.15. The second-order valence-corrected chi connectivity index (χ2v) is 4.23. The Kier molecular flexibility index (Phi) is 4.26. The highest BCUT2D eigenvalue weighted by Crippen LogP contribution is 2.10. The molecular weight excluding hydrogens is 156 g/mol. The third kappa shape index (κ3) is 3.45. The molecule has 0 saturated carbocycles. The van der Waals surface area contributed by atoms with Gasteiger partial charge in [0, 0.05) is 11.8 Å². The van der Waals surface area contributed by atoms with E-state index in [2.05, 4.69) is 23.6 Å². The Morgan fingerprint density at radius 3 is 2.64 bits per heavy atom. The second kappa shape index (κ2) is 5.01. The minimum Gasteiger partial charge on any atom is -0.306 e. The van der Waals surface area contributed by atoms with Crippen molar-refractivity contribution >= 4 is 11.9 Å². The van der Waals surface area contributed by atoms with Gasteiger partial charge in [-0.3, -0.25) is 4.72 Å². The molecule has 2 nitrogen and oxygen atoms in total. The largest absolute Gasteiger partial charge is 0.306 e. The summed E-state index contributed by atoms with van der Waals surface area (Å²) in [7, 11) is 2.20. The van der Waals surface area contributed by atoms with Crippen LogP contribution in [0.5, 0.6) is 0 Å². The number of hydrogen-bond acceptors (Lipinski definition) is 3. The fourth-order valence-corrected chi connectivity index (χ4v) is 1.97. The Morgan fingerprint density at radius 2 is 2.09 bits per heavy atom. The van der Waals surface area contributed by atoms with Crippen LogP contribution >= 0.6 is 11.9 Å². The molecule has 0 radical (unpaired) electrons. The minimum absolute atomic E-state index is 0.760. The lowest BCUT2D eigenvalue weighted by atomic mass is 10.1. The molecule has 0 aromatic heterocycles. The van der Waals surface area contributed by atoms with Crippen LogP contribution in [-0.2, 0) is 0 Å². The molecule has 3 heteroatoms. The van der Waals surface area contributed by atoms with Crippen molar-refractivity contribution in [3.05, 3.63) is 0 Å². The molecule has 1 aliphatic rings. The van der Waals surface area contributed by atoms with Crippen LogP contribution in [0, 0.1) is 0 Å². The van der Waals surface area contributed by atoms with E-state index in [0.717, 1.165) is 6.04 Å². The van der Waals surface area contributed by atoms with Crippen molar-refractivity contribution in [3.8, 4) is 0 Å². The molecule has 0 unspecified atom stereocenters. The molecular formula is C8H18N2S. The summed E-state index contributed by atoms with van der Waals surface area (Å²) in [4.78, 5) is 2.40. The summed E-state index contributed by atoms with van der Waals surface area (Å²) in [6, 6.07) is 0.760. The van der Waals surface area contributed by atoms with Gasteiger partial charge in [-0.15, -0.1) is 0 Å². The normalized spacial score (nSPS) is 22.4. The van der Waals surface area contributed by atoms with E-state index in [4.69, 9.17) is 0 Å². The Labute approximate surface area is 73.9 Å². The molecule has 1 fully saturated rings. The van der Waals surface area contributed by atoms with E-state index in [0.29, 0.717) is 0 Å². The first kappa shape index (κ1) is 9.36. The first-order valence-electron chi connectivity index (χ1n) is 4.38. The molecule has 1 aliphatic heterocycles. The van der Waals surface area contributed by atoms with Gasteiger partial charge in [-0.2, -0.15) is 0 Å². The summed E-state index contributed by atoms with van der Waals surface area (Å²) in [6.07, 6.45) is 2.62. The van der Waals surface area contributed by atoms with Crippen LogP contribution in [0.4, 0.5) is 0 Å². The minimum atomic E-state index is 0.760. The van der Waals surface area contributed by atoms with Gasteiger partial charge in [0.1, 0.15) is 0 Å². The van der Waals surface area contributed by atoms with Gasteiger partial charge in [-0.1, -0.05) is 18.9 Å². The first-order valence-corrected chi connectivity index (χ1v) is 5.37. The highest BCUT2D eigenvalue weighted by atomic mass is 32.2. The molecule has 0 spiro atoms. The fraction of sp³-hybridized carbons (Fsp3) is 1.00. The average molecular weight is 174 g/mol. The van der Waals surface area contributed by atoms with Gasteiger partial charge in [0.25, 0.3) is 0 Å². The lowest BCUT2D eigenvalue weighted by molar-refractivity contribution is 0.250. The Bertz CT molecular complexity index is 97.5. The maximum atomic E-state index is 3.48. The van der Waals surface area contributed by atoms with Crippen LogP contribution in [0.1, 0.15) is 19.8 Å². The van der Waals surface area contributed by atoms with Gasteiger partial charge in [-0.25, -0.2) is 0 Å². The quantitative estimate of drug-likeness (QED) is 0.650. The van der Waals surface area contributed by atoms with Crippen molar-refractivity contribution in [2.75, 3.05) is 25.9 Å². The third-order valence-corrected chi connectivity index (χ3v) is 2.90. The zero-order valence-electron chi connectivity index (χ0n) is 7.47. The molecule has 0 aliphatic carbocycles. The van der Waals surface area contributed by atoms with Crippen LogP contribution < -0.4 is 4.72 Å². The topological polar surface area (TPSA) is 15.3 Å². The smallest absolute Gasteiger partial charge is 0.0196 e. The van der Waals surface area contributed by atoms with Crippen LogP contribution in [0.15, 0.2) is 0 Å². The summed E-state index contributed by atoms with van der Waals surface area (Å²) in [5, 5.41) is 0. The second-order valence-electron chi connectivity index (χ2n) is 3.13. The van der Waals surface area contributed by atoms with Crippen molar-refractivity contribution in [1.82, 2.24) is 9.62 Å². The summed E-state index contributed by atoms with van der Waals surface area (Å²) >= 11 is 1.85. The van der Waals surface area contributed by atoms with Crippen LogP contribution in [0.25, 0.3) is 0 Å². The summed E-state index contributed by atoms with van der Waals surface area (Å²) in [6.45, 7) is 4.69. The van der Waals surface area contributed by atoms with E-state index in [1.54, 1.807) is 0 Å². The Morgan fingerprint density at radius 1 is 1.45 bits per heavy atom. The molecule has 0 aromatic carbocycles. The van der Waals surface area contributed by atoms with Crippen molar-refractivity contribution < 1.29 is 0 Å². The molecule has 1 N–H and O–H groups in total. The molecule has 1 saturated heterocycles. The van der Waals surface area contributed by atoms with Gasteiger partial charge < -0.3 is 4.90 Å². The Balaban J connectivity index is 2.07. The molecule has 0 bridgehead atoms. The standard InChI is InChI=1S/C8H18N2S/c1-3-11-9-8-4-6-10(2)7-5-8/h8-9H,3-7H2,1-2H3. The van der Waals surface area contributed by atoms with Gasteiger partial charge in [0.05, 0.1) is 0 Å². The highest BCUT2D eigenvalue weighted by molar-refractivity contribution is 7.97. The molecule has 1 rings (SSSR count). The lowest BCUT2D eigenvalue weighted by Gasteiger charge is -2.28. The number of hydrogen-bond donors (Lipinski definition) is 1. The first-order chi connectivity index (χ1) is 5.33. The monoisotopic (exact) mass is 174 g/mol. The number of rotatable bonds is 3. The van der Waals surface area contributed by atoms with Gasteiger partial charge in [0.2, 0.25) is 0 Å². The van der Waals surface area contributed by atoms with Crippen LogP contribution in [0.2, 0.25) is 0 Å². The predicted octanol–water partition coefficient (Wildman–Crippen LogP) is 1.34. The van der Waals surface area contributed by atoms with Crippen molar-refractivity contribution in [3.63, 3.8) is 0 Å². The predicted molar refractivity (Wildman–Crippen MR) is 51.8 cm³/mol. The van der Waals surface area contributed by atoms with E-state index in [1.165, 1.54) is 31.7 Å². The summed E-state index contributed by atoms with van der Waals surface area (Å²) in [5.41, 5.74) is 0. The van der Waals surface area contributed by atoms with E-state index >= 15 is 0 Å². The van der Waals surface area contributed by atoms with E-state index in [9.17, 15) is 0 Å². The van der Waals surface area contributed by atoms with Crippen LogP contribution in [0.3, 0.4) is 0 Å². The number of piperidine rings is 1. The Hall–Kier alpha value is 0.270. The molecule has 0 amide bonds. The van der Waals surface area contributed by atoms with Crippen LogP contribution in [-0.4, -0.2) is 36.8 Å². The van der Waals surface area contributed by atoms with E-state index in [1.807, 2.05) is 11.9 Å². The fourth-order valence-electron chi connectivity index (χ4n) is 1.33. The number of nitrogens with one attached hydrogen (secondary N) is 1. The average Bonchev–Trinajstić information content (AvgIpc) is 2.04. The van der Waals surface area contributed by atoms with Gasteiger partial charge in [0.15, 0.2) is 0 Å². The number of nitrogens with zero attached hydrogens (tertiary/aromatic N) is 1. The van der Waals surface area contributed by atoms with Crippen molar-refractivity contribution in [2.24, 2.45) is 0 Å². The molecule has 66 valence electrons. The SMILES string of the molecule is CCSNC1CCN(C)CC1. The lowest BCUT2D eigenvalue weighted by Crippen LogP contribution is -2.38. The summed E-state index contributed by atoms with van der Waals surface area (Å²) in [5.74, 6) is 1.17. The van der Waals surface area contributed by atoms with Crippen molar-refractivity contribution in [2.45, 2.75) is 25.8 Å².